The van der Waals surface area contributed by atoms with E-state index in [-0.39, 0.29) is 11.2 Å². The van der Waals surface area contributed by atoms with Gasteiger partial charge in [0.1, 0.15) is 0 Å². The molecule has 3 aromatic rings. The molecule has 0 aliphatic carbocycles. The fraction of sp³-hybridized carbons (Fsp3) is 0.278. The molecular formula is C18H20N4OS. The van der Waals surface area contributed by atoms with Crippen molar-refractivity contribution in [1.82, 2.24) is 19.5 Å². The molecule has 1 atom stereocenters. The average Bonchev–Trinajstić information content (AvgIpc) is 3.03. The number of hydrogen-bond acceptors (Lipinski definition) is 4. The summed E-state index contributed by atoms with van der Waals surface area (Å²) in [6, 6.07) is 15.9. The highest BCUT2D eigenvalue weighted by atomic mass is 32.2. The Morgan fingerprint density at radius 1 is 1.17 bits per heavy atom. The van der Waals surface area contributed by atoms with E-state index in [1.54, 1.807) is 16.7 Å². The Labute approximate surface area is 145 Å². The number of nitrogens with zero attached hydrogens (tertiary/aromatic N) is 4. The Morgan fingerprint density at radius 3 is 2.71 bits per heavy atom. The Kier molecular flexibility index (Phi) is 5.15. The maximum atomic E-state index is 12.6. The van der Waals surface area contributed by atoms with Crippen LogP contribution in [0.1, 0.15) is 18.3 Å². The highest BCUT2D eigenvalue weighted by Gasteiger charge is 2.19. The Morgan fingerprint density at radius 2 is 1.92 bits per heavy atom. The SMILES string of the molecule is C[C@@H](SCc1ccccc1)C(=O)N(C)Cc1nnc2ccccn12. The fourth-order valence-electron chi connectivity index (χ4n) is 2.47. The van der Waals surface area contributed by atoms with Crippen molar-refractivity contribution >= 4 is 23.3 Å². The second-order valence-electron chi connectivity index (χ2n) is 5.68. The van der Waals surface area contributed by atoms with Crippen molar-refractivity contribution in [2.75, 3.05) is 7.05 Å². The molecule has 5 nitrogen and oxygen atoms in total. The van der Waals surface area contributed by atoms with Crippen LogP contribution in [0.5, 0.6) is 0 Å². The molecule has 0 radical (unpaired) electrons. The minimum Gasteiger partial charge on any atom is -0.337 e. The summed E-state index contributed by atoms with van der Waals surface area (Å²) in [5.74, 6) is 1.69. The van der Waals surface area contributed by atoms with E-state index in [2.05, 4.69) is 22.3 Å². The van der Waals surface area contributed by atoms with Gasteiger partial charge < -0.3 is 4.90 Å². The summed E-state index contributed by atoms with van der Waals surface area (Å²) in [5, 5.41) is 8.20. The van der Waals surface area contributed by atoms with Crippen LogP contribution in [0.3, 0.4) is 0 Å². The third kappa shape index (κ3) is 3.76. The monoisotopic (exact) mass is 340 g/mol. The van der Waals surface area contributed by atoms with Crippen LogP contribution in [-0.4, -0.2) is 37.7 Å². The lowest BCUT2D eigenvalue weighted by Crippen LogP contribution is -2.33. The van der Waals surface area contributed by atoms with Crippen molar-refractivity contribution in [2.45, 2.75) is 24.5 Å². The van der Waals surface area contributed by atoms with E-state index < -0.39 is 0 Å². The van der Waals surface area contributed by atoms with E-state index in [0.29, 0.717) is 6.54 Å². The van der Waals surface area contributed by atoms with E-state index in [9.17, 15) is 4.79 Å². The van der Waals surface area contributed by atoms with Crippen molar-refractivity contribution in [3.8, 4) is 0 Å². The molecule has 0 N–H and O–H groups in total. The van der Waals surface area contributed by atoms with Gasteiger partial charge in [0, 0.05) is 19.0 Å². The number of rotatable bonds is 6. The van der Waals surface area contributed by atoms with Gasteiger partial charge in [-0.2, -0.15) is 0 Å². The van der Waals surface area contributed by atoms with Crippen LogP contribution >= 0.6 is 11.8 Å². The minimum atomic E-state index is -0.102. The van der Waals surface area contributed by atoms with Crippen LogP contribution in [0.2, 0.25) is 0 Å². The summed E-state index contributed by atoms with van der Waals surface area (Å²) < 4.78 is 1.91. The lowest BCUT2D eigenvalue weighted by molar-refractivity contribution is -0.129. The highest BCUT2D eigenvalue weighted by molar-refractivity contribution is 7.99. The fourth-order valence-corrected chi connectivity index (χ4v) is 3.42. The molecular weight excluding hydrogens is 320 g/mol. The Balaban J connectivity index is 1.59. The molecule has 0 saturated heterocycles. The first-order valence-corrected chi connectivity index (χ1v) is 8.89. The van der Waals surface area contributed by atoms with E-state index in [0.717, 1.165) is 17.2 Å². The number of benzene rings is 1. The predicted molar refractivity (Wildman–Crippen MR) is 96.7 cm³/mol. The number of pyridine rings is 1. The molecule has 0 spiro atoms. The number of fused-ring (bicyclic) bond motifs is 1. The minimum absolute atomic E-state index is 0.101. The van der Waals surface area contributed by atoms with Gasteiger partial charge in [0.15, 0.2) is 11.5 Å². The van der Waals surface area contributed by atoms with Crippen LogP contribution in [0, 0.1) is 0 Å². The van der Waals surface area contributed by atoms with Gasteiger partial charge in [-0.25, -0.2) is 0 Å². The zero-order valence-corrected chi connectivity index (χ0v) is 14.6. The third-order valence-electron chi connectivity index (χ3n) is 3.83. The molecule has 1 aromatic carbocycles. The average molecular weight is 340 g/mol. The summed E-state index contributed by atoms with van der Waals surface area (Å²) in [5.41, 5.74) is 2.02. The van der Waals surface area contributed by atoms with Crippen molar-refractivity contribution in [1.29, 1.82) is 0 Å². The van der Waals surface area contributed by atoms with Crippen molar-refractivity contribution in [3.63, 3.8) is 0 Å². The van der Waals surface area contributed by atoms with Crippen molar-refractivity contribution in [2.24, 2.45) is 0 Å². The van der Waals surface area contributed by atoms with Crippen LogP contribution in [0.4, 0.5) is 0 Å². The predicted octanol–water partition coefficient (Wildman–Crippen LogP) is 3.01. The number of aromatic nitrogens is 3. The second kappa shape index (κ2) is 7.49. The van der Waals surface area contributed by atoms with Gasteiger partial charge in [0.25, 0.3) is 0 Å². The summed E-state index contributed by atoms with van der Waals surface area (Å²) in [4.78, 5) is 14.3. The topological polar surface area (TPSA) is 50.5 Å². The number of carbonyl (C=O) groups is 1. The van der Waals surface area contributed by atoms with Gasteiger partial charge in [-0.3, -0.25) is 9.20 Å². The molecule has 0 aliphatic heterocycles. The zero-order valence-electron chi connectivity index (χ0n) is 13.8. The second-order valence-corrected chi connectivity index (χ2v) is 7.01. The van der Waals surface area contributed by atoms with E-state index in [4.69, 9.17) is 0 Å². The maximum absolute atomic E-state index is 12.6. The van der Waals surface area contributed by atoms with E-state index in [1.807, 2.05) is 61.0 Å². The van der Waals surface area contributed by atoms with Gasteiger partial charge in [0.2, 0.25) is 5.91 Å². The van der Waals surface area contributed by atoms with Gasteiger partial charge in [-0.15, -0.1) is 22.0 Å². The lowest BCUT2D eigenvalue weighted by atomic mass is 10.2. The number of hydrogen-bond donors (Lipinski definition) is 0. The van der Waals surface area contributed by atoms with Gasteiger partial charge in [-0.05, 0) is 24.6 Å². The third-order valence-corrected chi connectivity index (χ3v) is 5.03. The first-order valence-electron chi connectivity index (χ1n) is 7.84. The first kappa shape index (κ1) is 16.5. The van der Waals surface area contributed by atoms with Crippen LogP contribution < -0.4 is 0 Å². The zero-order chi connectivity index (χ0) is 16.9. The highest BCUT2D eigenvalue weighted by Crippen LogP contribution is 2.19. The number of carbonyl (C=O) groups excluding carboxylic acids is 1. The molecule has 2 aromatic heterocycles. The molecule has 0 saturated carbocycles. The lowest BCUT2D eigenvalue weighted by Gasteiger charge is -2.20. The van der Waals surface area contributed by atoms with Crippen LogP contribution in [0.25, 0.3) is 5.65 Å². The van der Waals surface area contributed by atoms with E-state index >= 15 is 0 Å². The summed E-state index contributed by atoms with van der Waals surface area (Å²) in [6.07, 6.45) is 1.91. The molecule has 2 heterocycles. The number of thioether (sulfide) groups is 1. The molecule has 6 heteroatoms. The summed E-state index contributed by atoms with van der Waals surface area (Å²) in [7, 11) is 1.81. The Bertz CT molecular complexity index is 818. The van der Waals surface area contributed by atoms with E-state index in [1.165, 1.54) is 5.56 Å². The molecule has 1 amide bonds. The Hall–Kier alpha value is -2.34. The quantitative estimate of drug-likeness (QED) is 0.692. The van der Waals surface area contributed by atoms with Crippen LogP contribution in [-0.2, 0) is 17.1 Å². The maximum Gasteiger partial charge on any atom is 0.235 e. The van der Waals surface area contributed by atoms with Gasteiger partial charge in [-0.1, -0.05) is 36.4 Å². The van der Waals surface area contributed by atoms with Gasteiger partial charge >= 0.3 is 0 Å². The molecule has 0 unspecified atom stereocenters. The normalized spacial score (nSPS) is 12.2. The molecule has 24 heavy (non-hydrogen) atoms. The molecule has 0 aliphatic rings. The first-order chi connectivity index (χ1) is 11.6. The smallest absolute Gasteiger partial charge is 0.235 e. The largest absolute Gasteiger partial charge is 0.337 e. The molecule has 0 bridgehead atoms. The van der Waals surface area contributed by atoms with Crippen LogP contribution in [0.15, 0.2) is 54.7 Å². The summed E-state index contributed by atoms with van der Waals surface area (Å²) >= 11 is 1.65. The molecule has 0 fully saturated rings. The number of amides is 1. The van der Waals surface area contributed by atoms with Crippen molar-refractivity contribution in [3.05, 3.63) is 66.1 Å². The molecule has 3 rings (SSSR count). The summed E-state index contributed by atoms with van der Waals surface area (Å²) in [6.45, 7) is 2.40. The molecule has 124 valence electrons. The van der Waals surface area contributed by atoms with Crippen molar-refractivity contribution < 1.29 is 4.79 Å². The standard InChI is InChI=1S/C18H20N4OS/c1-14(24-13-15-8-4-3-5-9-15)18(23)21(2)12-17-20-19-16-10-6-7-11-22(16)17/h3-11,14H,12-13H2,1-2H3/t14-/m1/s1. The van der Waals surface area contributed by atoms with Gasteiger partial charge in [0.05, 0.1) is 11.8 Å².